The number of nitrogens with zero attached hydrogens (tertiary/aromatic N) is 1. The third kappa shape index (κ3) is 2.22. The number of rotatable bonds is 3. The van der Waals surface area contributed by atoms with Gasteiger partial charge in [0.15, 0.2) is 0 Å². The molecule has 1 aromatic heterocycles. The van der Waals surface area contributed by atoms with Crippen molar-refractivity contribution in [1.29, 1.82) is 0 Å². The van der Waals surface area contributed by atoms with Gasteiger partial charge in [-0.25, -0.2) is 4.98 Å². The van der Waals surface area contributed by atoms with Gasteiger partial charge in [-0.05, 0) is 13.3 Å². The molecule has 3 heteroatoms. The highest BCUT2D eigenvalue weighted by Gasteiger charge is 2.07. The Balaban J connectivity index is 2.66. The van der Waals surface area contributed by atoms with Crippen molar-refractivity contribution in [3.8, 4) is 0 Å². The fourth-order valence-corrected chi connectivity index (χ4v) is 0.969. The van der Waals surface area contributed by atoms with Crippen LogP contribution in [0, 0.1) is 0 Å². The maximum atomic E-state index is 5.76. The summed E-state index contributed by atoms with van der Waals surface area (Å²) in [5, 5.41) is -0.124. The molecule has 0 fully saturated rings. The van der Waals surface area contributed by atoms with Gasteiger partial charge in [0.25, 0.3) is 0 Å². The van der Waals surface area contributed by atoms with Crippen LogP contribution in [0.25, 0.3) is 0 Å². The number of alkyl halides is 1. The molecule has 2 nitrogen and oxygen atoms in total. The van der Waals surface area contributed by atoms with Gasteiger partial charge < -0.3 is 4.42 Å². The van der Waals surface area contributed by atoms with Crippen LogP contribution < -0.4 is 0 Å². The molecule has 0 spiro atoms. The zero-order valence-electron chi connectivity index (χ0n) is 6.80. The first-order chi connectivity index (χ1) is 5.24. The summed E-state index contributed by atoms with van der Waals surface area (Å²) in [6.45, 7) is 3.95. The second kappa shape index (κ2) is 3.77. The number of aromatic nitrogens is 1. The maximum absolute atomic E-state index is 5.76. The molecule has 0 amide bonds. The van der Waals surface area contributed by atoms with Crippen molar-refractivity contribution in [2.75, 3.05) is 0 Å². The molecule has 0 aliphatic rings. The smallest absolute Gasteiger partial charge is 0.212 e. The minimum Gasteiger partial charge on any atom is -0.444 e. The molecule has 62 valence electrons. The summed E-state index contributed by atoms with van der Waals surface area (Å²) < 4.78 is 5.34. The Hall–Kier alpha value is -0.500. The van der Waals surface area contributed by atoms with Crippen LogP contribution in [0.1, 0.15) is 37.3 Å². The van der Waals surface area contributed by atoms with Crippen molar-refractivity contribution in [3.63, 3.8) is 0 Å². The van der Waals surface area contributed by atoms with Gasteiger partial charge in [-0.15, -0.1) is 11.6 Å². The summed E-state index contributed by atoms with van der Waals surface area (Å²) in [5.74, 6) is 1.55. The second-order valence-electron chi connectivity index (χ2n) is 2.53. The van der Waals surface area contributed by atoms with Crippen molar-refractivity contribution in [3.05, 3.63) is 17.8 Å². The minimum absolute atomic E-state index is 0.124. The predicted molar refractivity (Wildman–Crippen MR) is 44.8 cm³/mol. The van der Waals surface area contributed by atoms with E-state index in [1.54, 1.807) is 6.20 Å². The molecule has 0 saturated carbocycles. The summed E-state index contributed by atoms with van der Waals surface area (Å²) in [5.41, 5.74) is 0. The molecular weight excluding hydrogens is 162 g/mol. The Morgan fingerprint density at radius 2 is 2.45 bits per heavy atom. The van der Waals surface area contributed by atoms with Crippen molar-refractivity contribution < 1.29 is 4.42 Å². The predicted octanol–water partition coefficient (Wildman–Crippen LogP) is 2.93. The Kier molecular flexibility index (Phi) is 2.94. The van der Waals surface area contributed by atoms with Gasteiger partial charge in [0.2, 0.25) is 5.89 Å². The highest BCUT2D eigenvalue weighted by molar-refractivity contribution is 6.20. The standard InChI is InChI=1S/C8H12ClNO/c1-3-4-7-5-10-8(11-7)6(2)9/h5-6H,3-4H2,1-2H3. The van der Waals surface area contributed by atoms with Crippen molar-refractivity contribution in [2.24, 2.45) is 0 Å². The number of hydrogen-bond acceptors (Lipinski definition) is 2. The number of aryl methyl sites for hydroxylation is 1. The Morgan fingerprint density at radius 3 is 2.91 bits per heavy atom. The van der Waals surface area contributed by atoms with Gasteiger partial charge in [-0.3, -0.25) is 0 Å². The topological polar surface area (TPSA) is 26.0 Å². The Bertz CT molecular complexity index is 220. The Morgan fingerprint density at radius 1 is 1.73 bits per heavy atom. The molecule has 1 aromatic rings. The largest absolute Gasteiger partial charge is 0.444 e. The van der Waals surface area contributed by atoms with Crippen molar-refractivity contribution in [2.45, 2.75) is 32.1 Å². The van der Waals surface area contributed by atoms with Crippen LogP contribution in [0.3, 0.4) is 0 Å². The van der Waals surface area contributed by atoms with Gasteiger partial charge in [0, 0.05) is 6.42 Å². The fourth-order valence-electron chi connectivity index (χ4n) is 0.869. The summed E-state index contributed by atoms with van der Waals surface area (Å²) in [7, 11) is 0. The van der Waals surface area contributed by atoms with Crippen LogP contribution in [0.2, 0.25) is 0 Å². The lowest BCUT2D eigenvalue weighted by Gasteiger charge is -1.93. The van der Waals surface area contributed by atoms with E-state index in [1.807, 2.05) is 6.92 Å². The van der Waals surface area contributed by atoms with E-state index in [0.29, 0.717) is 5.89 Å². The normalized spacial score (nSPS) is 13.4. The van der Waals surface area contributed by atoms with Crippen LogP contribution in [-0.4, -0.2) is 4.98 Å². The van der Waals surface area contributed by atoms with Gasteiger partial charge in [-0.1, -0.05) is 6.92 Å². The summed E-state index contributed by atoms with van der Waals surface area (Å²) >= 11 is 5.76. The van der Waals surface area contributed by atoms with Crippen LogP contribution in [0.15, 0.2) is 10.6 Å². The molecule has 1 unspecified atom stereocenters. The zero-order chi connectivity index (χ0) is 8.27. The first-order valence-corrected chi connectivity index (χ1v) is 4.26. The lowest BCUT2D eigenvalue weighted by atomic mass is 10.3. The SMILES string of the molecule is CCCc1cnc(C(C)Cl)o1. The first-order valence-electron chi connectivity index (χ1n) is 3.82. The van der Waals surface area contributed by atoms with Gasteiger partial charge in [0.05, 0.1) is 6.20 Å². The monoisotopic (exact) mass is 173 g/mol. The minimum atomic E-state index is -0.124. The second-order valence-corrected chi connectivity index (χ2v) is 3.19. The molecule has 1 atom stereocenters. The van der Waals surface area contributed by atoms with E-state index in [2.05, 4.69) is 11.9 Å². The highest BCUT2D eigenvalue weighted by Crippen LogP contribution is 2.19. The maximum Gasteiger partial charge on any atom is 0.212 e. The van der Waals surface area contributed by atoms with Crippen LogP contribution in [0.4, 0.5) is 0 Å². The van der Waals surface area contributed by atoms with Crippen LogP contribution in [-0.2, 0) is 6.42 Å². The summed E-state index contributed by atoms with van der Waals surface area (Å²) in [4.78, 5) is 4.04. The lowest BCUT2D eigenvalue weighted by Crippen LogP contribution is -1.81. The average Bonchev–Trinajstić information content (AvgIpc) is 2.37. The third-order valence-electron chi connectivity index (χ3n) is 1.41. The molecule has 0 aliphatic heterocycles. The van der Waals surface area contributed by atoms with E-state index in [4.69, 9.17) is 16.0 Å². The number of hydrogen-bond donors (Lipinski definition) is 0. The van der Waals surface area contributed by atoms with E-state index in [1.165, 1.54) is 0 Å². The van der Waals surface area contributed by atoms with Crippen LogP contribution >= 0.6 is 11.6 Å². The van der Waals surface area contributed by atoms with Crippen molar-refractivity contribution in [1.82, 2.24) is 4.98 Å². The van der Waals surface area contributed by atoms with Crippen LogP contribution in [0.5, 0.6) is 0 Å². The molecule has 0 radical (unpaired) electrons. The summed E-state index contributed by atoms with van der Waals surface area (Å²) in [6, 6.07) is 0. The van der Waals surface area contributed by atoms with Gasteiger partial charge in [-0.2, -0.15) is 0 Å². The molecule has 0 bridgehead atoms. The molecule has 0 aliphatic carbocycles. The van der Waals surface area contributed by atoms with E-state index >= 15 is 0 Å². The Labute approximate surface area is 71.6 Å². The molecular formula is C8H12ClNO. The van der Waals surface area contributed by atoms with Crippen molar-refractivity contribution >= 4 is 11.6 Å². The highest BCUT2D eigenvalue weighted by atomic mass is 35.5. The molecule has 0 N–H and O–H groups in total. The summed E-state index contributed by atoms with van der Waals surface area (Å²) in [6.07, 6.45) is 3.76. The first kappa shape index (κ1) is 8.60. The molecule has 1 rings (SSSR count). The average molecular weight is 174 g/mol. The van der Waals surface area contributed by atoms with E-state index in [9.17, 15) is 0 Å². The number of halogens is 1. The molecule has 1 heterocycles. The third-order valence-corrected chi connectivity index (χ3v) is 1.59. The van der Waals surface area contributed by atoms with E-state index in [-0.39, 0.29) is 5.38 Å². The fraction of sp³-hybridized carbons (Fsp3) is 0.625. The zero-order valence-corrected chi connectivity index (χ0v) is 7.56. The lowest BCUT2D eigenvalue weighted by molar-refractivity contribution is 0.453. The molecule has 11 heavy (non-hydrogen) atoms. The van der Waals surface area contributed by atoms with E-state index < -0.39 is 0 Å². The number of oxazole rings is 1. The van der Waals surface area contributed by atoms with Gasteiger partial charge >= 0.3 is 0 Å². The van der Waals surface area contributed by atoms with E-state index in [0.717, 1.165) is 18.6 Å². The molecule has 0 aromatic carbocycles. The molecule has 0 saturated heterocycles. The van der Waals surface area contributed by atoms with Gasteiger partial charge in [0.1, 0.15) is 11.1 Å². The quantitative estimate of drug-likeness (QED) is 0.657.